The Bertz CT molecular complexity index is 1230. The average Bonchev–Trinajstić information content (AvgIpc) is 3.36. The Labute approximate surface area is 188 Å². The molecule has 2 amide bonds. The molecule has 0 bridgehead atoms. The molecule has 2 atom stereocenters. The number of carbonyl (C=O) groups is 2. The highest BCUT2D eigenvalue weighted by molar-refractivity contribution is 6.04. The first-order valence-electron chi connectivity index (χ1n) is 10.6. The van der Waals surface area contributed by atoms with Crippen molar-refractivity contribution in [2.45, 2.75) is 44.4 Å². The first-order chi connectivity index (χ1) is 15.7. The topological polar surface area (TPSA) is 76.0 Å². The second-order valence-electron chi connectivity index (χ2n) is 8.21. The molecule has 9 heteroatoms. The van der Waals surface area contributed by atoms with Crippen LogP contribution in [0.4, 0.5) is 19.1 Å². The molecule has 1 fully saturated rings. The zero-order valence-electron chi connectivity index (χ0n) is 17.9. The van der Waals surface area contributed by atoms with E-state index in [1.807, 2.05) is 29.7 Å². The minimum atomic E-state index is -4.55. The first-order valence-corrected chi connectivity index (χ1v) is 10.6. The number of halogens is 3. The number of carbonyl (C=O) groups excluding carboxylic acids is 2. The van der Waals surface area contributed by atoms with Crippen molar-refractivity contribution in [2.75, 3.05) is 5.32 Å². The van der Waals surface area contributed by atoms with Crippen LogP contribution < -0.4 is 10.6 Å². The molecule has 1 aromatic heterocycles. The van der Waals surface area contributed by atoms with E-state index in [0.29, 0.717) is 11.9 Å². The quantitative estimate of drug-likeness (QED) is 0.530. The molecule has 4 rings (SSSR count). The van der Waals surface area contributed by atoms with Crippen molar-refractivity contribution in [3.63, 3.8) is 0 Å². The maximum atomic E-state index is 13.1. The summed E-state index contributed by atoms with van der Waals surface area (Å²) >= 11 is 0. The molecule has 33 heavy (non-hydrogen) atoms. The summed E-state index contributed by atoms with van der Waals surface area (Å²) in [6.07, 6.45) is -1.20. The predicted molar refractivity (Wildman–Crippen MR) is 119 cm³/mol. The number of hydrogen-bond acceptors (Lipinski definition) is 3. The SMILES string of the molecule is C=CC(=O)N[C@H]1CCC(n2c(NC(=O)c3cccc(C(F)(F)F)c3)nc3cc(C)ccc32)C1. The molecule has 1 unspecified atom stereocenters. The van der Waals surface area contributed by atoms with Crippen molar-refractivity contribution in [1.82, 2.24) is 14.9 Å². The van der Waals surface area contributed by atoms with Crippen LogP contribution >= 0.6 is 0 Å². The number of amides is 2. The highest BCUT2D eigenvalue weighted by Gasteiger charge is 2.32. The highest BCUT2D eigenvalue weighted by Crippen LogP contribution is 2.36. The number of benzene rings is 2. The van der Waals surface area contributed by atoms with E-state index in [4.69, 9.17) is 0 Å². The number of aryl methyl sites for hydroxylation is 1. The fraction of sp³-hybridized carbons (Fsp3) is 0.292. The molecule has 1 aliphatic carbocycles. The monoisotopic (exact) mass is 456 g/mol. The van der Waals surface area contributed by atoms with Gasteiger partial charge >= 0.3 is 6.18 Å². The summed E-state index contributed by atoms with van der Waals surface area (Å²) in [5.41, 5.74) is 1.47. The van der Waals surface area contributed by atoms with E-state index in [1.165, 1.54) is 18.2 Å². The van der Waals surface area contributed by atoms with Crippen molar-refractivity contribution >= 4 is 28.8 Å². The van der Waals surface area contributed by atoms with Gasteiger partial charge in [0.15, 0.2) is 0 Å². The van der Waals surface area contributed by atoms with Gasteiger partial charge in [-0.25, -0.2) is 4.98 Å². The van der Waals surface area contributed by atoms with Gasteiger partial charge in [-0.3, -0.25) is 14.9 Å². The minimum Gasteiger partial charge on any atom is -0.350 e. The molecule has 2 N–H and O–H groups in total. The highest BCUT2D eigenvalue weighted by atomic mass is 19.4. The van der Waals surface area contributed by atoms with Crippen molar-refractivity contribution in [3.05, 3.63) is 71.8 Å². The van der Waals surface area contributed by atoms with Gasteiger partial charge in [0.2, 0.25) is 11.9 Å². The van der Waals surface area contributed by atoms with Crippen LogP contribution in [0.25, 0.3) is 11.0 Å². The lowest BCUT2D eigenvalue weighted by molar-refractivity contribution is -0.137. The van der Waals surface area contributed by atoms with Crippen molar-refractivity contribution in [1.29, 1.82) is 0 Å². The molecule has 3 aromatic rings. The smallest absolute Gasteiger partial charge is 0.350 e. The fourth-order valence-corrected chi connectivity index (χ4v) is 4.26. The van der Waals surface area contributed by atoms with Crippen LogP contribution in [0.5, 0.6) is 0 Å². The number of hydrogen-bond donors (Lipinski definition) is 2. The van der Waals surface area contributed by atoms with E-state index in [2.05, 4.69) is 22.2 Å². The van der Waals surface area contributed by atoms with Gasteiger partial charge in [0.1, 0.15) is 0 Å². The molecular weight excluding hydrogens is 433 g/mol. The summed E-state index contributed by atoms with van der Waals surface area (Å²) in [5, 5.41) is 5.60. The molecule has 6 nitrogen and oxygen atoms in total. The second-order valence-corrected chi connectivity index (χ2v) is 8.21. The van der Waals surface area contributed by atoms with Crippen LogP contribution in [-0.2, 0) is 11.0 Å². The minimum absolute atomic E-state index is 0.0459. The van der Waals surface area contributed by atoms with Gasteiger partial charge in [0.25, 0.3) is 5.91 Å². The molecule has 0 aliphatic heterocycles. The molecule has 1 saturated carbocycles. The molecule has 0 saturated heterocycles. The standard InChI is InChI=1S/C24H23F3N4O2/c1-3-21(32)28-17-8-9-18(13-17)31-20-10-7-14(2)11-19(20)29-23(31)30-22(33)15-5-4-6-16(12-15)24(25,26)27/h3-7,10-12,17-18H,1,8-9,13H2,2H3,(H,28,32)(H,29,30,33)/t17-,18?/m0/s1. The van der Waals surface area contributed by atoms with E-state index >= 15 is 0 Å². The Balaban J connectivity index is 1.66. The largest absolute Gasteiger partial charge is 0.416 e. The predicted octanol–water partition coefficient (Wildman–Crippen LogP) is 5.01. The lowest BCUT2D eigenvalue weighted by Crippen LogP contribution is -2.31. The summed E-state index contributed by atoms with van der Waals surface area (Å²) in [6.45, 7) is 5.40. The molecule has 1 heterocycles. The van der Waals surface area contributed by atoms with E-state index in [0.717, 1.165) is 36.1 Å². The van der Waals surface area contributed by atoms with Crippen LogP contribution in [0, 0.1) is 6.92 Å². The lowest BCUT2D eigenvalue weighted by Gasteiger charge is -2.18. The maximum Gasteiger partial charge on any atom is 0.416 e. The first kappa shape index (κ1) is 22.6. The third-order valence-electron chi connectivity index (χ3n) is 5.82. The van der Waals surface area contributed by atoms with E-state index in [-0.39, 0.29) is 29.5 Å². The van der Waals surface area contributed by atoms with Crippen LogP contribution in [0.2, 0.25) is 0 Å². The third-order valence-corrected chi connectivity index (χ3v) is 5.82. The molecule has 2 aromatic carbocycles. The van der Waals surface area contributed by atoms with Crippen LogP contribution in [0.15, 0.2) is 55.1 Å². The zero-order valence-corrected chi connectivity index (χ0v) is 17.9. The number of anilines is 1. The number of nitrogens with one attached hydrogen (secondary N) is 2. The Morgan fingerprint density at radius 1 is 1.18 bits per heavy atom. The van der Waals surface area contributed by atoms with Gasteiger partial charge in [0, 0.05) is 17.6 Å². The van der Waals surface area contributed by atoms with Crippen LogP contribution in [0.3, 0.4) is 0 Å². The van der Waals surface area contributed by atoms with Gasteiger partial charge in [0.05, 0.1) is 16.6 Å². The molecule has 0 radical (unpaired) electrons. The molecule has 172 valence electrons. The van der Waals surface area contributed by atoms with Gasteiger partial charge in [-0.15, -0.1) is 0 Å². The molecule has 1 aliphatic rings. The van der Waals surface area contributed by atoms with Crippen LogP contribution in [-0.4, -0.2) is 27.4 Å². The maximum absolute atomic E-state index is 13.1. The summed E-state index contributed by atoms with van der Waals surface area (Å²) in [5.74, 6) is -0.660. The lowest BCUT2D eigenvalue weighted by atomic mass is 10.1. The second kappa shape index (κ2) is 8.73. The summed E-state index contributed by atoms with van der Waals surface area (Å²) in [6, 6.07) is 9.91. The van der Waals surface area contributed by atoms with Gasteiger partial charge in [-0.05, 0) is 68.2 Å². The van der Waals surface area contributed by atoms with Gasteiger partial charge in [-0.2, -0.15) is 13.2 Å². The Hall–Kier alpha value is -3.62. The normalized spacial score (nSPS) is 18.3. The van der Waals surface area contributed by atoms with Crippen molar-refractivity contribution < 1.29 is 22.8 Å². The third kappa shape index (κ3) is 4.76. The Morgan fingerprint density at radius 2 is 1.97 bits per heavy atom. The zero-order chi connectivity index (χ0) is 23.8. The summed E-state index contributed by atoms with van der Waals surface area (Å²) in [4.78, 5) is 29.1. The summed E-state index contributed by atoms with van der Waals surface area (Å²) < 4.78 is 41.1. The fourth-order valence-electron chi connectivity index (χ4n) is 4.26. The van der Waals surface area contributed by atoms with Gasteiger partial charge in [-0.1, -0.05) is 18.7 Å². The van der Waals surface area contributed by atoms with Crippen LogP contribution in [0.1, 0.15) is 46.8 Å². The van der Waals surface area contributed by atoms with E-state index in [1.54, 1.807) is 0 Å². The number of alkyl halides is 3. The van der Waals surface area contributed by atoms with Gasteiger partial charge < -0.3 is 9.88 Å². The number of nitrogens with zero attached hydrogens (tertiary/aromatic N) is 2. The molecular formula is C24H23F3N4O2. The van der Waals surface area contributed by atoms with Crippen molar-refractivity contribution in [2.24, 2.45) is 0 Å². The van der Waals surface area contributed by atoms with E-state index < -0.39 is 17.6 Å². The van der Waals surface area contributed by atoms with Crippen molar-refractivity contribution in [3.8, 4) is 0 Å². The van der Waals surface area contributed by atoms with E-state index in [9.17, 15) is 22.8 Å². The number of rotatable bonds is 5. The Kier molecular flexibility index (Phi) is 5.97. The number of imidazole rings is 1. The molecule has 0 spiro atoms. The average molecular weight is 456 g/mol. The number of aromatic nitrogens is 2. The summed E-state index contributed by atoms with van der Waals surface area (Å²) in [7, 11) is 0. The number of fused-ring (bicyclic) bond motifs is 1. The Morgan fingerprint density at radius 3 is 2.70 bits per heavy atom.